The summed E-state index contributed by atoms with van der Waals surface area (Å²) in [6.45, 7) is 2.96. The molecule has 5 unspecified atom stereocenters. The number of fused-ring (bicyclic) bond motifs is 2. The molecule has 0 saturated carbocycles. The number of hydrogen-bond acceptors (Lipinski definition) is 27. The molecule has 82 heavy (non-hydrogen) atoms. The molecule has 3 saturated heterocycles. The Morgan fingerprint density at radius 3 is 1.46 bits per heavy atom. The highest BCUT2D eigenvalue weighted by atomic mass is 35.5. The van der Waals surface area contributed by atoms with Crippen LogP contribution in [-0.4, -0.2) is 217 Å². The zero-order valence-electron chi connectivity index (χ0n) is 42.0. The van der Waals surface area contributed by atoms with Crippen LogP contribution in [0.2, 0.25) is 10.3 Å². The quantitative estimate of drug-likeness (QED) is 0.0384. The molecule has 0 spiro atoms. The van der Waals surface area contributed by atoms with Crippen molar-refractivity contribution in [3.63, 3.8) is 0 Å². The van der Waals surface area contributed by atoms with E-state index in [4.69, 9.17) is 73.3 Å². The van der Waals surface area contributed by atoms with Gasteiger partial charge in [-0.2, -0.15) is 39.5 Å². The SMILES string of the molecule is CC(=O)OC[C@H]1OC(n2cnc3c(Cl)nc(C(F)(F)F)nc32)[C@H](OC(C)=O)[C@@H]1OC(C)=O.CCOC(=O)C(F)(F)F.NC(=O)C1N=CN(C2O[C@H](CO)[C@@H](O)[C@H]2O)C1N.OC[C@H]1OC(n2cnc3c(Cl)nc(C(F)(F)F)nc32)[C@H](O)[C@@H]1O. The first kappa shape index (κ1) is 66.3. The molecule has 0 aliphatic carbocycles. The van der Waals surface area contributed by atoms with Gasteiger partial charge in [0, 0.05) is 20.8 Å². The van der Waals surface area contributed by atoms with Gasteiger partial charge < -0.3 is 80.2 Å². The van der Waals surface area contributed by atoms with Crippen molar-refractivity contribution in [2.75, 3.05) is 26.4 Å². The van der Waals surface area contributed by atoms with E-state index >= 15 is 0 Å². The van der Waals surface area contributed by atoms with E-state index in [0.717, 1.165) is 42.6 Å². The Labute approximate surface area is 461 Å². The van der Waals surface area contributed by atoms with Gasteiger partial charge in [-0.05, 0) is 6.92 Å². The number of primary amides is 1. The van der Waals surface area contributed by atoms with E-state index in [0.29, 0.717) is 0 Å². The number of ether oxygens (including phenoxy) is 7. The Morgan fingerprint density at radius 2 is 1.09 bits per heavy atom. The Hall–Kier alpha value is -6.53. The van der Waals surface area contributed by atoms with Gasteiger partial charge in [0.05, 0.1) is 38.8 Å². The fourth-order valence-electron chi connectivity index (χ4n) is 7.71. The zero-order chi connectivity index (χ0) is 61.7. The number of aliphatic hydroxyl groups excluding tert-OH is 6. The number of imidazole rings is 2. The van der Waals surface area contributed by atoms with Crippen LogP contribution in [0.15, 0.2) is 17.6 Å². The molecule has 8 rings (SSSR count). The van der Waals surface area contributed by atoms with Crippen molar-refractivity contribution >= 4 is 81.7 Å². The molecule has 4 aromatic heterocycles. The third kappa shape index (κ3) is 15.4. The largest absolute Gasteiger partial charge is 0.490 e. The molecular weight excluding hydrogens is 1190 g/mol. The van der Waals surface area contributed by atoms with Gasteiger partial charge in [-0.15, -0.1) is 0 Å². The number of amides is 1. The smallest absolute Gasteiger partial charge is 0.463 e. The molecule has 14 atom stereocenters. The highest BCUT2D eigenvalue weighted by Crippen LogP contribution is 2.39. The van der Waals surface area contributed by atoms with Crippen molar-refractivity contribution in [1.82, 2.24) is 43.9 Å². The number of aromatic nitrogens is 8. The average molecular weight is 1240 g/mol. The van der Waals surface area contributed by atoms with E-state index in [1.165, 1.54) is 18.2 Å². The van der Waals surface area contributed by atoms with Crippen molar-refractivity contribution in [3.8, 4) is 0 Å². The van der Waals surface area contributed by atoms with Crippen LogP contribution in [0.3, 0.4) is 0 Å². The molecule has 8 heterocycles. The van der Waals surface area contributed by atoms with Gasteiger partial charge in [0.15, 0.2) is 58.5 Å². The number of aliphatic hydroxyl groups is 6. The molecule has 456 valence electrons. The third-order valence-electron chi connectivity index (χ3n) is 11.3. The fraction of sp³-hybridized carbons (Fsp3) is 0.610. The second kappa shape index (κ2) is 26.8. The molecular formula is C41H47Cl2F9N12O18. The molecule has 10 N–H and O–H groups in total. The number of alkyl halides is 9. The highest BCUT2D eigenvalue weighted by molar-refractivity contribution is 6.33. The standard InChI is InChI=1S/C17H16ClF3N4O7.C11H10ClF3N4O4.C9H16N4O5.C4H5F3O2/c1-6(26)29-4-9-11(30-7(2)27)12(31-8(3)28)15(32-9)25-5-22-10-13(18)23-16(17(19,20)21)24-14(10)25;12-7-4-8(18-10(17-7)11(13,14)15)19(2-16-4)9-6(22)5(21)3(1-20)23-9;10-7-4(8(11)17)12-2-13(7)9-6(16)5(15)3(1-14)18-9;1-2-9-3(8)4(5,6)7/h5,9,11-12,15H,4H2,1-3H3;2-3,5-6,9,20-22H,1H2;2-7,9,14-16H,1,10H2,(H2,11,17);2H2,1H3/t9-,11-,12-,15?;3-,5-,6-,9?;3-,4?,5-,6-,7?,9?;/m111./s1. The van der Waals surface area contributed by atoms with E-state index < -0.39 is 176 Å². The molecule has 4 aromatic rings. The molecule has 30 nitrogen and oxygen atoms in total. The summed E-state index contributed by atoms with van der Waals surface area (Å²) >= 11 is 11.5. The van der Waals surface area contributed by atoms with Crippen molar-refractivity contribution < 1.29 is 127 Å². The topological polar surface area (TPSA) is 426 Å². The van der Waals surface area contributed by atoms with Crippen LogP contribution >= 0.6 is 23.2 Å². The summed E-state index contributed by atoms with van der Waals surface area (Å²) in [7, 11) is 0. The predicted molar refractivity (Wildman–Crippen MR) is 247 cm³/mol. The minimum atomic E-state index is -4.91. The van der Waals surface area contributed by atoms with Gasteiger partial charge in [0.1, 0.15) is 66.5 Å². The van der Waals surface area contributed by atoms with Crippen molar-refractivity contribution in [1.29, 1.82) is 0 Å². The van der Waals surface area contributed by atoms with Crippen LogP contribution in [0, 0.1) is 0 Å². The molecule has 0 aromatic carbocycles. The van der Waals surface area contributed by atoms with Crippen LogP contribution in [-0.2, 0) is 69.5 Å². The summed E-state index contributed by atoms with van der Waals surface area (Å²) in [5.41, 5.74) is 9.91. The number of esters is 4. The first-order valence-electron chi connectivity index (χ1n) is 23.0. The van der Waals surface area contributed by atoms with Gasteiger partial charge in [-0.1, -0.05) is 23.2 Å². The van der Waals surface area contributed by atoms with E-state index in [1.807, 2.05) is 0 Å². The Balaban J connectivity index is 0.000000216. The first-order valence-corrected chi connectivity index (χ1v) is 23.7. The monoisotopic (exact) mass is 1240 g/mol. The normalized spacial score (nSPS) is 27.9. The van der Waals surface area contributed by atoms with Gasteiger partial charge in [-0.3, -0.25) is 33.3 Å². The molecule has 3 fully saturated rings. The lowest BCUT2D eigenvalue weighted by Crippen LogP contribution is -2.55. The number of carbonyl (C=O) groups is 5. The lowest BCUT2D eigenvalue weighted by molar-refractivity contribution is -0.199. The molecule has 0 bridgehead atoms. The third-order valence-corrected chi connectivity index (χ3v) is 11.8. The maximum absolute atomic E-state index is 13.2. The lowest BCUT2D eigenvalue weighted by Gasteiger charge is -2.30. The van der Waals surface area contributed by atoms with Crippen LogP contribution in [0.5, 0.6) is 0 Å². The summed E-state index contributed by atoms with van der Waals surface area (Å²) < 4.78 is 149. The van der Waals surface area contributed by atoms with Crippen LogP contribution in [0.1, 0.15) is 51.8 Å². The van der Waals surface area contributed by atoms with E-state index in [9.17, 15) is 83.9 Å². The van der Waals surface area contributed by atoms with Gasteiger partial charge in [0.25, 0.3) is 0 Å². The van der Waals surface area contributed by atoms with Crippen LogP contribution in [0.4, 0.5) is 39.5 Å². The van der Waals surface area contributed by atoms with Gasteiger partial charge in [0.2, 0.25) is 17.6 Å². The van der Waals surface area contributed by atoms with Crippen LogP contribution in [0.25, 0.3) is 22.3 Å². The van der Waals surface area contributed by atoms with Crippen molar-refractivity contribution in [3.05, 3.63) is 34.6 Å². The van der Waals surface area contributed by atoms with Gasteiger partial charge in [-0.25, -0.2) is 34.7 Å². The number of nitrogens with zero attached hydrogens (tertiary/aromatic N) is 10. The molecule has 4 aliphatic rings. The molecule has 1 amide bonds. The van der Waals surface area contributed by atoms with E-state index in [-0.39, 0.29) is 28.9 Å². The highest BCUT2D eigenvalue weighted by Gasteiger charge is 2.52. The minimum Gasteiger partial charge on any atom is -0.463 e. The number of nitrogens with two attached hydrogens (primary N) is 2. The summed E-state index contributed by atoms with van der Waals surface area (Å²) in [5.74, 6) is -8.02. The number of rotatable bonds is 11. The van der Waals surface area contributed by atoms with E-state index in [2.05, 4.69) is 39.6 Å². The Kier molecular flexibility index (Phi) is 21.7. The number of aliphatic imine (C=N–C) groups is 1. The van der Waals surface area contributed by atoms with Crippen molar-refractivity contribution in [2.24, 2.45) is 16.5 Å². The van der Waals surface area contributed by atoms with Crippen molar-refractivity contribution in [2.45, 2.75) is 132 Å². The lowest BCUT2D eigenvalue weighted by atomic mass is 10.1. The maximum atomic E-state index is 13.2. The van der Waals surface area contributed by atoms with Crippen LogP contribution < -0.4 is 11.5 Å². The second-order valence-corrected chi connectivity index (χ2v) is 17.8. The number of halogens is 11. The Morgan fingerprint density at radius 1 is 0.646 bits per heavy atom. The summed E-state index contributed by atoms with van der Waals surface area (Å²) in [4.78, 5) is 81.3. The second-order valence-electron chi connectivity index (χ2n) is 17.1. The van der Waals surface area contributed by atoms with E-state index in [1.54, 1.807) is 0 Å². The maximum Gasteiger partial charge on any atom is 0.490 e. The van der Waals surface area contributed by atoms with Gasteiger partial charge >= 0.3 is 42.4 Å². The summed E-state index contributed by atoms with van der Waals surface area (Å²) in [6, 6.07) is -0.925. The zero-order valence-corrected chi connectivity index (χ0v) is 43.5. The fourth-order valence-corrected chi connectivity index (χ4v) is 8.14. The minimum absolute atomic E-state index is 0.114. The Bertz CT molecular complexity index is 2960. The average Bonchev–Trinajstić information content (AvgIpc) is 4.38. The summed E-state index contributed by atoms with van der Waals surface area (Å²) in [5, 5.41) is 56.1. The molecule has 4 aliphatic heterocycles. The molecule has 41 heteroatoms. The molecule has 0 radical (unpaired) electrons. The number of carbonyl (C=O) groups excluding carboxylic acids is 5. The number of hydrogen-bond donors (Lipinski definition) is 8. The predicted octanol–water partition coefficient (Wildman–Crippen LogP) is -1.05. The first-order chi connectivity index (χ1) is 38.1. The summed E-state index contributed by atoms with van der Waals surface area (Å²) in [6.07, 6.45) is -26.8.